The smallest absolute Gasteiger partial charge is 0.306 e. The lowest BCUT2D eigenvalue weighted by atomic mass is 10.1. The number of methoxy groups -OCH3 is 1. The molecule has 0 bridgehead atoms. The van der Waals surface area contributed by atoms with Gasteiger partial charge in [0, 0.05) is 23.2 Å². The molecule has 2 aromatic carbocycles. The number of ether oxygens (including phenoxy) is 2. The number of halogens is 2. The van der Waals surface area contributed by atoms with Gasteiger partial charge in [0.2, 0.25) is 0 Å². The molecule has 29 heavy (non-hydrogen) atoms. The summed E-state index contributed by atoms with van der Waals surface area (Å²) < 4.78 is 24.2. The van der Waals surface area contributed by atoms with Crippen molar-refractivity contribution in [3.05, 3.63) is 65.1 Å². The first kappa shape index (κ1) is 20.7. The topological polar surface area (TPSA) is 61.3 Å². The van der Waals surface area contributed by atoms with E-state index < -0.39 is 5.82 Å². The molecule has 0 aliphatic carbocycles. The Bertz CT molecular complexity index is 1030. The van der Waals surface area contributed by atoms with Crippen molar-refractivity contribution in [1.29, 1.82) is 0 Å². The molecule has 1 aromatic heterocycles. The highest BCUT2D eigenvalue weighted by atomic mass is 35.5. The first-order chi connectivity index (χ1) is 14.0. The molecule has 0 saturated heterocycles. The molecule has 0 aliphatic rings. The van der Waals surface area contributed by atoms with E-state index in [1.165, 1.54) is 12.1 Å². The fourth-order valence-corrected chi connectivity index (χ4v) is 2.90. The molecule has 1 heterocycles. The molecule has 0 aliphatic heterocycles. The van der Waals surface area contributed by atoms with Crippen LogP contribution in [0.25, 0.3) is 22.6 Å². The fraction of sp³-hybridized carbons (Fsp3) is 0.227. The predicted octanol–water partition coefficient (Wildman–Crippen LogP) is 5.11. The quantitative estimate of drug-likeness (QED) is 0.503. The maximum Gasteiger partial charge on any atom is 0.306 e. The van der Waals surface area contributed by atoms with Gasteiger partial charge in [0.25, 0.3) is 0 Å². The predicted molar refractivity (Wildman–Crippen MR) is 109 cm³/mol. The van der Waals surface area contributed by atoms with E-state index in [1.54, 1.807) is 20.1 Å². The molecule has 3 rings (SSSR count). The van der Waals surface area contributed by atoms with Gasteiger partial charge in [-0.3, -0.25) is 4.79 Å². The van der Waals surface area contributed by atoms with Crippen LogP contribution in [0.2, 0.25) is 5.02 Å². The normalized spacial score (nSPS) is 10.6. The van der Waals surface area contributed by atoms with Crippen LogP contribution >= 0.6 is 11.6 Å². The van der Waals surface area contributed by atoms with Crippen LogP contribution in [-0.2, 0) is 16.0 Å². The number of rotatable bonds is 7. The fourth-order valence-electron chi connectivity index (χ4n) is 2.78. The van der Waals surface area contributed by atoms with E-state index in [4.69, 9.17) is 21.1 Å². The third-order valence-corrected chi connectivity index (χ3v) is 4.52. The van der Waals surface area contributed by atoms with E-state index in [0.717, 1.165) is 5.56 Å². The van der Waals surface area contributed by atoms with Crippen LogP contribution in [0.3, 0.4) is 0 Å². The Morgan fingerprint density at radius 3 is 2.66 bits per heavy atom. The van der Waals surface area contributed by atoms with Gasteiger partial charge in [0.1, 0.15) is 11.6 Å². The lowest BCUT2D eigenvalue weighted by Crippen LogP contribution is -2.07. The van der Waals surface area contributed by atoms with Crippen LogP contribution in [0.15, 0.2) is 48.5 Å². The van der Waals surface area contributed by atoms with Crippen LogP contribution in [0, 0.1) is 5.82 Å². The summed E-state index contributed by atoms with van der Waals surface area (Å²) in [7, 11) is 1.59. The number of benzene rings is 2. The van der Waals surface area contributed by atoms with Crippen molar-refractivity contribution < 1.29 is 18.7 Å². The monoisotopic (exact) mass is 414 g/mol. The molecule has 3 aromatic rings. The van der Waals surface area contributed by atoms with Crippen molar-refractivity contribution >= 4 is 17.6 Å². The molecule has 0 unspecified atom stereocenters. The summed E-state index contributed by atoms with van der Waals surface area (Å²) in [5.41, 5.74) is 2.60. The number of aryl methyl sites for hydroxylation is 1. The highest BCUT2D eigenvalue weighted by molar-refractivity contribution is 6.30. The first-order valence-electron chi connectivity index (χ1n) is 9.13. The van der Waals surface area contributed by atoms with Crippen molar-refractivity contribution in [2.45, 2.75) is 19.8 Å². The lowest BCUT2D eigenvalue weighted by Gasteiger charge is -2.10. The largest absolute Gasteiger partial charge is 0.497 e. The van der Waals surface area contributed by atoms with Gasteiger partial charge in [-0.05, 0) is 43.3 Å². The number of carbonyl (C=O) groups is 1. The second-order valence-electron chi connectivity index (χ2n) is 6.23. The standard InChI is InChI=1S/C22H20ClFN2O3/c1-3-29-21(27)10-8-16-13-20(14-5-4-6-17(11-14)28-2)26-22(25-16)15-7-9-18(23)19(24)12-15/h4-7,9,11-13H,3,8,10H2,1-2H3. The zero-order valence-electron chi connectivity index (χ0n) is 16.1. The second-order valence-corrected chi connectivity index (χ2v) is 6.64. The lowest BCUT2D eigenvalue weighted by molar-refractivity contribution is -0.143. The minimum absolute atomic E-state index is 0.0280. The van der Waals surface area contributed by atoms with E-state index >= 15 is 0 Å². The summed E-state index contributed by atoms with van der Waals surface area (Å²) in [6.45, 7) is 2.09. The van der Waals surface area contributed by atoms with E-state index in [-0.39, 0.29) is 17.4 Å². The van der Waals surface area contributed by atoms with Crippen LogP contribution in [-0.4, -0.2) is 29.7 Å². The maximum absolute atomic E-state index is 14.0. The zero-order valence-corrected chi connectivity index (χ0v) is 16.9. The summed E-state index contributed by atoms with van der Waals surface area (Å²) in [5.74, 6) is 0.189. The Morgan fingerprint density at radius 1 is 1.10 bits per heavy atom. The van der Waals surface area contributed by atoms with Gasteiger partial charge in [-0.25, -0.2) is 14.4 Å². The number of carbonyl (C=O) groups excluding carboxylic acids is 1. The van der Waals surface area contributed by atoms with Gasteiger partial charge in [-0.15, -0.1) is 0 Å². The van der Waals surface area contributed by atoms with Crippen molar-refractivity contribution in [3.63, 3.8) is 0 Å². The van der Waals surface area contributed by atoms with E-state index in [9.17, 15) is 9.18 Å². The number of nitrogens with zero attached hydrogens (tertiary/aromatic N) is 2. The van der Waals surface area contributed by atoms with Gasteiger partial charge >= 0.3 is 5.97 Å². The molecule has 0 spiro atoms. The molecular weight excluding hydrogens is 395 g/mol. The molecule has 7 heteroatoms. The molecule has 150 valence electrons. The third kappa shape index (κ3) is 5.29. The van der Waals surface area contributed by atoms with Crippen molar-refractivity contribution in [1.82, 2.24) is 9.97 Å². The molecular formula is C22H20ClFN2O3. The minimum atomic E-state index is -0.548. The van der Waals surface area contributed by atoms with Crippen LogP contribution < -0.4 is 4.74 Å². The summed E-state index contributed by atoms with van der Waals surface area (Å²) in [4.78, 5) is 20.9. The van der Waals surface area contributed by atoms with Crippen LogP contribution in [0.1, 0.15) is 19.0 Å². The Labute approximate surface area is 173 Å². The van der Waals surface area contributed by atoms with E-state index in [2.05, 4.69) is 9.97 Å². The van der Waals surface area contributed by atoms with E-state index in [0.29, 0.717) is 41.6 Å². The van der Waals surface area contributed by atoms with Crippen molar-refractivity contribution in [2.24, 2.45) is 0 Å². The molecule has 0 atom stereocenters. The summed E-state index contributed by atoms with van der Waals surface area (Å²) in [6.07, 6.45) is 0.568. The van der Waals surface area contributed by atoms with Crippen molar-refractivity contribution in [3.8, 4) is 28.4 Å². The molecule has 0 amide bonds. The molecule has 5 nitrogen and oxygen atoms in total. The van der Waals surface area contributed by atoms with Gasteiger partial charge in [-0.1, -0.05) is 23.7 Å². The van der Waals surface area contributed by atoms with Crippen molar-refractivity contribution in [2.75, 3.05) is 13.7 Å². The average molecular weight is 415 g/mol. The van der Waals surface area contributed by atoms with Crippen LogP contribution in [0.5, 0.6) is 5.75 Å². The summed E-state index contributed by atoms with van der Waals surface area (Å²) in [6, 6.07) is 13.7. The Kier molecular flexibility index (Phi) is 6.77. The van der Waals surface area contributed by atoms with Gasteiger partial charge < -0.3 is 9.47 Å². The SMILES string of the molecule is CCOC(=O)CCc1cc(-c2cccc(OC)c2)nc(-c2ccc(Cl)c(F)c2)n1. The number of hydrogen-bond donors (Lipinski definition) is 0. The zero-order chi connectivity index (χ0) is 20.8. The molecule has 0 N–H and O–H groups in total. The average Bonchev–Trinajstić information content (AvgIpc) is 2.74. The van der Waals surface area contributed by atoms with Gasteiger partial charge in [0.15, 0.2) is 5.82 Å². The summed E-state index contributed by atoms with van der Waals surface area (Å²) in [5, 5.41) is 0.0280. The highest BCUT2D eigenvalue weighted by Gasteiger charge is 2.13. The van der Waals surface area contributed by atoms with E-state index in [1.807, 2.05) is 30.3 Å². The minimum Gasteiger partial charge on any atom is -0.497 e. The Balaban J connectivity index is 2.03. The number of hydrogen-bond acceptors (Lipinski definition) is 5. The molecule has 0 radical (unpaired) electrons. The Hall–Kier alpha value is -2.99. The molecule has 0 saturated carbocycles. The van der Waals surface area contributed by atoms with Gasteiger partial charge in [-0.2, -0.15) is 0 Å². The Morgan fingerprint density at radius 2 is 1.93 bits per heavy atom. The third-order valence-electron chi connectivity index (χ3n) is 4.21. The summed E-state index contributed by atoms with van der Waals surface area (Å²) >= 11 is 5.79. The molecule has 0 fully saturated rings. The first-order valence-corrected chi connectivity index (χ1v) is 9.51. The van der Waals surface area contributed by atoms with Gasteiger partial charge in [0.05, 0.1) is 30.9 Å². The number of esters is 1. The number of aromatic nitrogens is 2. The maximum atomic E-state index is 14.0. The second kappa shape index (κ2) is 9.47. The van der Waals surface area contributed by atoms with Crippen LogP contribution in [0.4, 0.5) is 4.39 Å². The highest BCUT2D eigenvalue weighted by Crippen LogP contribution is 2.27.